The fraction of sp³-hybridized carbons (Fsp3) is 0.588. The molecular weight excluding hydrogens is 262 g/mol. The van der Waals surface area contributed by atoms with Gasteiger partial charge in [-0.05, 0) is 32.5 Å². The average Bonchev–Trinajstić information content (AvgIpc) is 2.83. The fourth-order valence-electron chi connectivity index (χ4n) is 3.13. The first-order chi connectivity index (χ1) is 9.99. The lowest BCUT2D eigenvalue weighted by atomic mass is 9.99. The highest BCUT2D eigenvalue weighted by Gasteiger charge is 2.36. The van der Waals surface area contributed by atoms with Crippen LogP contribution in [0, 0.1) is 0 Å². The molecule has 0 bridgehead atoms. The Morgan fingerprint density at radius 3 is 2.43 bits per heavy atom. The second-order valence-corrected chi connectivity index (χ2v) is 6.34. The predicted molar refractivity (Wildman–Crippen MR) is 86.3 cm³/mol. The van der Waals surface area contributed by atoms with Crippen LogP contribution in [0.3, 0.4) is 0 Å². The van der Waals surface area contributed by atoms with Gasteiger partial charge in [-0.2, -0.15) is 0 Å². The predicted octanol–water partition coefficient (Wildman–Crippen LogP) is 1.32. The van der Waals surface area contributed by atoms with E-state index in [1.54, 1.807) is 4.90 Å². The van der Waals surface area contributed by atoms with Crippen LogP contribution in [0.5, 0.6) is 0 Å². The van der Waals surface area contributed by atoms with Crippen molar-refractivity contribution >= 4 is 5.91 Å². The summed E-state index contributed by atoms with van der Waals surface area (Å²) in [5, 5.41) is 0. The quantitative estimate of drug-likeness (QED) is 0.818. The molecule has 4 nitrogen and oxygen atoms in total. The highest BCUT2D eigenvalue weighted by Crippen LogP contribution is 2.24. The Kier molecular flexibility index (Phi) is 5.37. The topological polar surface area (TPSA) is 26.8 Å². The number of nitrogens with zero attached hydrogens (tertiary/aromatic N) is 3. The van der Waals surface area contributed by atoms with Crippen LogP contribution in [-0.4, -0.2) is 74.0 Å². The van der Waals surface area contributed by atoms with E-state index in [1.165, 1.54) is 5.56 Å². The molecule has 0 spiro atoms. The van der Waals surface area contributed by atoms with Crippen molar-refractivity contribution in [2.75, 3.05) is 41.3 Å². The van der Waals surface area contributed by atoms with E-state index >= 15 is 0 Å². The van der Waals surface area contributed by atoms with Crippen molar-refractivity contribution in [1.29, 1.82) is 0 Å². The summed E-state index contributed by atoms with van der Waals surface area (Å²) < 4.78 is 0. The summed E-state index contributed by atoms with van der Waals surface area (Å²) in [6.07, 6.45) is 2.13. The molecule has 0 aliphatic carbocycles. The fourth-order valence-corrected chi connectivity index (χ4v) is 3.13. The van der Waals surface area contributed by atoms with Crippen LogP contribution in [0.25, 0.3) is 0 Å². The van der Waals surface area contributed by atoms with E-state index in [2.05, 4.69) is 54.2 Å². The molecule has 21 heavy (non-hydrogen) atoms. The summed E-state index contributed by atoms with van der Waals surface area (Å²) in [4.78, 5) is 18.4. The van der Waals surface area contributed by atoms with Gasteiger partial charge in [-0.3, -0.25) is 9.69 Å². The van der Waals surface area contributed by atoms with Gasteiger partial charge in [0.15, 0.2) is 0 Å². The molecular formula is C17H27N3O. The van der Waals surface area contributed by atoms with Crippen LogP contribution in [0.4, 0.5) is 0 Å². The molecule has 1 aliphatic heterocycles. The van der Waals surface area contributed by atoms with E-state index in [9.17, 15) is 4.79 Å². The zero-order chi connectivity index (χ0) is 15.4. The molecule has 1 amide bonds. The van der Waals surface area contributed by atoms with E-state index < -0.39 is 0 Å². The summed E-state index contributed by atoms with van der Waals surface area (Å²) in [5.41, 5.74) is 1.35. The Labute approximate surface area is 128 Å². The molecule has 1 heterocycles. The third-order valence-corrected chi connectivity index (χ3v) is 4.41. The van der Waals surface area contributed by atoms with Gasteiger partial charge in [0.2, 0.25) is 5.91 Å². The van der Waals surface area contributed by atoms with E-state index in [-0.39, 0.29) is 5.91 Å². The lowest BCUT2D eigenvalue weighted by Crippen LogP contribution is -2.46. The molecule has 0 aromatic heterocycles. The van der Waals surface area contributed by atoms with Gasteiger partial charge >= 0.3 is 0 Å². The van der Waals surface area contributed by atoms with Crippen molar-refractivity contribution in [2.24, 2.45) is 0 Å². The van der Waals surface area contributed by atoms with Crippen LogP contribution < -0.4 is 0 Å². The molecule has 0 unspecified atom stereocenters. The van der Waals surface area contributed by atoms with E-state index in [0.29, 0.717) is 18.6 Å². The minimum atomic E-state index is 0.187. The molecule has 1 fully saturated rings. The Balaban J connectivity index is 2.11. The number of carbonyl (C=O) groups excluding carboxylic acids is 1. The van der Waals surface area contributed by atoms with Crippen LogP contribution in [0.1, 0.15) is 12.0 Å². The number of carbonyl (C=O) groups is 1. The lowest BCUT2D eigenvalue weighted by Gasteiger charge is -2.31. The second-order valence-electron chi connectivity index (χ2n) is 6.34. The number of likely N-dealkylation sites (tertiary alicyclic amines) is 1. The number of amides is 1. The first kappa shape index (κ1) is 16.0. The Hall–Kier alpha value is -1.39. The molecule has 1 aromatic rings. The number of hydrogen-bond donors (Lipinski definition) is 0. The third kappa shape index (κ3) is 4.05. The van der Waals surface area contributed by atoms with Gasteiger partial charge in [-0.1, -0.05) is 30.3 Å². The van der Waals surface area contributed by atoms with Crippen LogP contribution >= 0.6 is 0 Å². The molecule has 1 aliphatic rings. The number of likely N-dealkylation sites (N-methyl/N-ethyl adjacent to an activating group) is 2. The maximum atomic E-state index is 12.0. The van der Waals surface area contributed by atoms with Crippen molar-refractivity contribution in [2.45, 2.75) is 24.9 Å². The number of benzene rings is 1. The van der Waals surface area contributed by atoms with Gasteiger partial charge in [0.25, 0.3) is 0 Å². The largest absolute Gasteiger partial charge is 0.348 e. The average molecular weight is 289 g/mol. The Bertz CT molecular complexity index is 458. The lowest BCUT2D eigenvalue weighted by molar-refractivity contribution is -0.130. The van der Waals surface area contributed by atoms with Crippen LogP contribution in [0.2, 0.25) is 0 Å². The van der Waals surface area contributed by atoms with E-state index in [1.807, 2.05) is 14.1 Å². The minimum absolute atomic E-state index is 0.187. The number of hydrogen-bond acceptors (Lipinski definition) is 3. The molecule has 116 valence electrons. The minimum Gasteiger partial charge on any atom is -0.348 e. The number of rotatable bonds is 5. The SMILES string of the molecule is CN(C)C(=O)CN1CC[C@@H](N(C)C)[C@H]1Cc1ccccc1. The van der Waals surface area contributed by atoms with Gasteiger partial charge in [0, 0.05) is 32.7 Å². The standard InChI is InChI=1S/C17H27N3O/c1-18(2)15-10-11-20(13-17(21)19(3)4)16(15)12-14-8-6-5-7-9-14/h5-9,15-16H,10-13H2,1-4H3/t15-,16-/m1/s1. The molecule has 1 saturated heterocycles. The van der Waals surface area contributed by atoms with Crippen LogP contribution in [0.15, 0.2) is 30.3 Å². The van der Waals surface area contributed by atoms with Crippen molar-refractivity contribution in [3.8, 4) is 0 Å². The molecule has 4 heteroatoms. The maximum absolute atomic E-state index is 12.0. The van der Waals surface area contributed by atoms with Crippen molar-refractivity contribution < 1.29 is 4.79 Å². The van der Waals surface area contributed by atoms with E-state index in [4.69, 9.17) is 0 Å². The highest BCUT2D eigenvalue weighted by atomic mass is 16.2. The smallest absolute Gasteiger partial charge is 0.236 e. The third-order valence-electron chi connectivity index (χ3n) is 4.41. The van der Waals surface area contributed by atoms with Gasteiger partial charge in [-0.25, -0.2) is 0 Å². The molecule has 0 radical (unpaired) electrons. The summed E-state index contributed by atoms with van der Waals surface area (Å²) in [6.45, 7) is 1.52. The zero-order valence-corrected chi connectivity index (χ0v) is 13.6. The molecule has 0 N–H and O–H groups in total. The van der Waals surface area contributed by atoms with Gasteiger partial charge in [0.1, 0.15) is 0 Å². The van der Waals surface area contributed by atoms with Gasteiger partial charge in [-0.15, -0.1) is 0 Å². The summed E-state index contributed by atoms with van der Waals surface area (Å²) >= 11 is 0. The zero-order valence-electron chi connectivity index (χ0n) is 13.6. The van der Waals surface area contributed by atoms with Crippen molar-refractivity contribution in [1.82, 2.24) is 14.7 Å². The first-order valence-electron chi connectivity index (χ1n) is 7.63. The Morgan fingerprint density at radius 2 is 1.86 bits per heavy atom. The molecule has 0 saturated carbocycles. The van der Waals surface area contributed by atoms with Crippen molar-refractivity contribution in [3.05, 3.63) is 35.9 Å². The van der Waals surface area contributed by atoms with Gasteiger partial charge < -0.3 is 9.80 Å². The highest BCUT2D eigenvalue weighted by molar-refractivity contribution is 5.77. The monoisotopic (exact) mass is 289 g/mol. The maximum Gasteiger partial charge on any atom is 0.236 e. The normalized spacial score (nSPS) is 22.7. The van der Waals surface area contributed by atoms with Crippen LogP contribution in [-0.2, 0) is 11.2 Å². The van der Waals surface area contributed by atoms with Gasteiger partial charge in [0.05, 0.1) is 6.54 Å². The first-order valence-corrected chi connectivity index (χ1v) is 7.63. The molecule has 1 aromatic carbocycles. The molecule has 2 atom stereocenters. The summed E-state index contributed by atoms with van der Waals surface area (Å²) in [6, 6.07) is 11.5. The van der Waals surface area contributed by atoms with Crippen molar-refractivity contribution in [3.63, 3.8) is 0 Å². The Morgan fingerprint density at radius 1 is 1.19 bits per heavy atom. The summed E-state index contributed by atoms with van der Waals surface area (Å²) in [5.74, 6) is 0.187. The second kappa shape index (κ2) is 7.05. The molecule has 2 rings (SSSR count). The van der Waals surface area contributed by atoms with E-state index in [0.717, 1.165) is 19.4 Å². The summed E-state index contributed by atoms with van der Waals surface area (Å²) in [7, 11) is 7.93.